The summed E-state index contributed by atoms with van der Waals surface area (Å²) in [6.45, 7) is 7.14. The molecule has 0 unspecified atom stereocenters. The Morgan fingerprint density at radius 1 is 0.806 bits per heavy atom. The van der Waals surface area contributed by atoms with Crippen LogP contribution in [0.15, 0.2) is 72.8 Å². The first-order valence-electron chi connectivity index (χ1n) is 10.8. The molecule has 0 bridgehead atoms. The Morgan fingerprint density at radius 3 is 1.94 bits per heavy atom. The summed E-state index contributed by atoms with van der Waals surface area (Å²) in [5, 5.41) is 9.92. The number of piperazine rings is 1. The van der Waals surface area contributed by atoms with Crippen molar-refractivity contribution < 1.29 is 9.84 Å². The summed E-state index contributed by atoms with van der Waals surface area (Å²) in [6.07, 6.45) is 0.0285. The van der Waals surface area contributed by atoms with E-state index in [1.165, 1.54) is 16.7 Å². The number of ether oxygens (including phenoxy) is 1. The van der Waals surface area contributed by atoms with Gasteiger partial charge in [-0.15, -0.1) is 0 Å². The van der Waals surface area contributed by atoms with Gasteiger partial charge in [-0.2, -0.15) is 0 Å². The van der Waals surface area contributed by atoms with Gasteiger partial charge in [-0.25, -0.2) is 0 Å². The predicted octanol–water partition coefficient (Wildman–Crippen LogP) is 5.04. The van der Waals surface area contributed by atoms with Crippen molar-refractivity contribution in [3.8, 4) is 16.9 Å². The van der Waals surface area contributed by atoms with E-state index in [1.54, 1.807) is 0 Å². The van der Waals surface area contributed by atoms with Gasteiger partial charge in [0.15, 0.2) is 0 Å². The highest BCUT2D eigenvalue weighted by atomic mass is 35.5. The summed E-state index contributed by atoms with van der Waals surface area (Å²) in [6, 6.07) is 24.4. The molecular weight excluding hydrogens is 408 g/mol. The Morgan fingerprint density at radius 2 is 1.35 bits per heavy atom. The minimum atomic E-state index is 0.0285. The van der Waals surface area contributed by atoms with Gasteiger partial charge < -0.3 is 9.84 Å². The molecule has 0 saturated carbocycles. The Kier molecular flexibility index (Phi) is 7.25. The first kappa shape index (κ1) is 21.8. The van der Waals surface area contributed by atoms with Crippen molar-refractivity contribution in [1.82, 2.24) is 9.80 Å². The molecule has 0 radical (unpaired) electrons. The lowest BCUT2D eigenvalue weighted by molar-refractivity contribution is 0.00201. The zero-order valence-electron chi connectivity index (χ0n) is 17.9. The Bertz CT molecular complexity index is 950. The summed E-state index contributed by atoms with van der Waals surface area (Å²) in [5.74, 6) is 0.841. The number of nitrogens with zero attached hydrogens (tertiary/aromatic N) is 2. The first-order chi connectivity index (χ1) is 15.1. The van der Waals surface area contributed by atoms with Crippen LogP contribution in [0.4, 0.5) is 0 Å². The van der Waals surface area contributed by atoms with Crippen molar-refractivity contribution in [2.75, 3.05) is 26.2 Å². The van der Waals surface area contributed by atoms with Crippen LogP contribution in [0, 0.1) is 0 Å². The van der Waals surface area contributed by atoms with E-state index in [0.717, 1.165) is 49.1 Å². The highest BCUT2D eigenvalue weighted by Crippen LogP contribution is 2.23. The number of rotatable bonds is 7. The quantitative estimate of drug-likeness (QED) is 0.562. The number of halogens is 1. The van der Waals surface area contributed by atoms with Crippen LogP contribution < -0.4 is 4.74 Å². The second-order valence-corrected chi connectivity index (χ2v) is 8.47. The molecule has 0 aliphatic carbocycles. The van der Waals surface area contributed by atoms with Crippen molar-refractivity contribution in [1.29, 1.82) is 0 Å². The molecule has 1 aliphatic rings. The third-order valence-corrected chi connectivity index (χ3v) is 6.12. The highest BCUT2D eigenvalue weighted by molar-refractivity contribution is 6.30. The summed E-state index contributed by atoms with van der Waals surface area (Å²) in [7, 11) is 0. The maximum absolute atomic E-state index is 9.16. The van der Waals surface area contributed by atoms with Crippen molar-refractivity contribution >= 4 is 11.6 Å². The van der Waals surface area contributed by atoms with E-state index in [0.29, 0.717) is 0 Å². The number of hydrogen-bond donors (Lipinski definition) is 1. The summed E-state index contributed by atoms with van der Waals surface area (Å²) in [5.41, 5.74) is 4.63. The van der Waals surface area contributed by atoms with Crippen molar-refractivity contribution in [3.05, 3.63) is 88.9 Å². The third kappa shape index (κ3) is 5.86. The van der Waals surface area contributed by atoms with E-state index in [9.17, 15) is 0 Å². The third-order valence-electron chi connectivity index (χ3n) is 5.87. The fourth-order valence-corrected chi connectivity index (χ4v) is 4.06. The second kappa shape index (κ2) is 10.3. The van der Waals surface area contributed by atoms with E-state index in [4.69, 9.17) is 21.4 Å². The second-order valence-electron chi connectivity index (χ2n) is 8.04. The molecule has 1 aliphatic heterocycles. The molecule has 3 aromatic rings. The average Bonchev–Trinajstić information content (AvgIpc) is 2.81. The van der Waals surface area contributed by atoms with Crippen molar-refractivity contribution in [3.63, 3.8) is 0 Å². The van der Waals surface area contributed by atoms with Crippen molar-refractivity contribution in [2.45, 2.75) is 26.3 Å². The molecule has 1 atom stereocenters. The zero-order chi connectivity index (χ0) is 21.6. The van der Waals surface area contributed by atoms with Crippen LogP contribution in [-0.4, -0.2) is 47.3 Å². The number of aliphatic hydroxyl groups is 1. The van der Waals surface area contributed by atoms with Crippen molar-refractivity contribution in [2.24, 2.45) is 0 Å². The maximum atomic E-state index is 9.16. The van der Waals surface area contributed by atoms with Gasteiger partial charge in [0, 0.05) is 37.7 Å². The summed E-state index contributed by atoms with van der Waals surface area (Å²) >= 11 is 5.99. The van der Waals surface area contributed by atoms with E-state index in [1.807, 2.05) is 36.4 Å². The topological polar surface area (TPSA) is 35.9 Å². The molecular formula is C26H29ClN2O2. The van der Waals surface area contributed by atoms with Gasteiger partial charge in [0.1, 0.15) is 12.0 Å². The van der Waals surface area contributed by atoms with Crippen LogP contribution in [-0.2, 0) is 13.2 Å². The number of hydrogen-bond acceptors (Lipinski definition) is 4. The summed E-state index contributed by atoms with van der Waals surface area (Å²) < 4.78 is 6.09. The van der Waals surface area contributed by atoms with Crippen LogP contribution in [0.3, 0.4) is 0 Å². The molecule has 0 spiro atoms. The molecule has 1 saturated heterocycles. The maximum Gasteiger partial charge on any atom is 0.149 e. The Hall–Kier alpha value is -2.37. The van der Waals surface area contributed by atoms with E-state index in [2.05, 4.69) is 53.1 Å². The highest BCUT2D eigenvalue weighted by Gasteiger charge is 2.22. The molecule has 0 amide bonds. The van der Waals surface area contributed by atoms with E-state index < -0.39 is 0 Å². The molecule has 1 N–H and O–H groups in total. The van der Waals surface area contributed by atoms with Gasteiger partial charge >= 0.3 is 0 Å². The van der Waals surface area contributed by atoms with Crippen LogP contribution in [0.5, 0.6) is 5.75 Å². The average molecular weight is 437 g/mol. The molecule has 1 fully saturated rings. The molecule has 3 aromatic carbocycles. The smallest absolute Gasteiger partial charge is 0.149 e. The van der Waals surface area contributed by atoms with Gasteiger partial charge in [0.2, 0.25) is 0 Å². The monoisotopic (exact) mass is 436 g/mol. The lowest BCUT2D eigenvalue weighted by Gasteiger charge is -2.37. The fourth-order valence-electron chi connectivity index (χ4n) is 3.93. The minimum Gasteiger partial charge on any atom is -0.475 e. The largest absolute Gasteiger partial charge is 0.475 e. The van der Waals surface area contributed by atoms with Crippen LogP contribution in [0.1, 0.15) is 18.1 Å². The van der Waals surface area contributed by atoms with E-state index in [-0.39, 0.29) is 12.8 Å². The molecule has 1 heterocycles. The molecule has 4 nitrogen and oxygen atoms in total. The standard InChI is InChI=1S/C26H29ClN2O2/c1-20(31-26-12-4-22(19-30)5-13-26)29-16-14-28(15-17-29)18-21-2-6-23(7-3-21)24-8-10-25(27)11-9-24/h2-13,20,30H,14-19H2,1H3/t20-/m1/s1. The Labute approximate surface area is 189 Å². The minimum absolute atomic E-state index is 0.0285. The van der Waals surface area contributed by atoms with Gasteiger partial charge in [0.05, 0.1) is 6.61 Å². The van der Waals surface area contributed by atoms with E-state index >= 15 is 0 Å². The van der Waals surface area contributed by atoms with Crippen LogP contribution in [0.25, 0.3) is 11.1 Å². The molecule has 162 valence electrons. The molecule has 5 heteroatoms. The molecule has 4 rings (SSSR count). The lowest BCUT2D eigenvalue weighted by atomic mass is 10.0. The van der Waals surface area contributed by atoms with Gasteiger partial charge in [-0.3, -0.25) is 9.80 Å². The molecule has 0 aromatic heterocycles. The number of benzene rings is 3. The first-order valence-corrected chi connectivity index (χ1v) is 11.2. The fraction of sp³-hybridized carbons (Fsp3) is 0.308. The van der Waals surface area contributed by atoms with Crippen LogP contribution >= 0.6 is 11.6 Å². The normalized spacial score (nSPS) is 16.2. The number of aliphatic hydroxyl groups excluding tert-OH is 1. The zero-order valence-corrected chi connectivity index (χ0v) is 18.6. The van der Waals surface area contributed by atoms with Gasteiger partial charge in [0.25, 0.3) is 0 Å². The predicted molar refractivity (Wildman–Crippen MR) is 126 cm³/mol. The summed E-state index contributed by atoms with van der Waals surface area (Å²) in [4.78, 5) is 4.87. The lowest BCUT2D eigenvalue weighted by Crippen LogP contribution is -2.50. The van der Waals surface area contributed by atoms with Gasteiger partial charge in [-0.1, -0.05) is 60.1 Å². The van der Waals surface area contributed by atoms with Gasteiger partial charge in [-0.05, 0) is 53.4 Å². The SMILES string of the molecule is C[C@@H](Oc1ccc(CO)cc1)N1CCN(Cc2ccc(-c3ccc(Cl)cc3)cc2)CC1. The Balaban J connectivity index is 1.26. The van der Waals surface area contributed by atoms with Crippen LogP contribution in [0.2, 0.25) is 5.02 Å². The molecule has 31 heavy (non-hydrogen) atoms.